The normalized spacial score (nSPS) is 11.8. The number of carbonyl (C=O) groups excluding carboxylic acids is 2. The van der Waals surface area contributed by atoms with Crippen molar-refractivity contribution >= 4 is 40.9 Å². The molecule has 0 atom stereocenters. The number of nitrogens with zero attached hydrogens (tertiary/aromatic N) is 3. The van der Waals surface area contributed by atoms with Crippen LogP contribution in [0.3, 0.4) is 0 Å². The van der Waals surface area contributed by atoms with Gasteiger partial charge in [-0.25, -0.2) is 4.39 Å². The van der Waals surface area contributed by atoms with Gasteiger partial charge in [-0.2, -0.15) is 13.2 Å². The second kappa shape index (κ2) is 12.5. The maximum absolute atomic E-state index is 13.6. The lowest BCUT2D eigenvalue weighted by molar-refractivity contribution is -0.137. The summed E-state index contributed by atoms with van der Waals surface area (Å²) in [4.78, 5) is 25.4. The molecule has 2 amide bonds. The monoisotopic (exact) mass is 619 g/mol. The second-order valence-corrected chi connectivity index (χ2v) is 11.6. The largest absolute Gasteiger partial charge is 0.416 e. The minimum Gasteiger partial charge on any atom is -0.345 e. The van der Waals surface area contributed by atoms with Gasteiger partial charge in [0.2, 0.25) is 5.91 Å². The molecule has 42 heavy (non-hydrogen) atoms. The Morgan fingerprint density at radius 1 is 0.929 bits per heavy atom. The first-order valence-electron chi connectivity index (χ1n) is 12.6. The van der Waals surface area contributed by atoms with Crippen molar-refractivity contribution in [3.63, 3.8) is 0 Å². The van der Waals surface area contributed by atoms with Crippen LogP contribution in [0.5, 0.6) is 0 Å². The molecule has 13 heteroatoms. The topological polar surface area (TPSA) is 88.9 Å². The van der Waals surface area contributed by atoms with E-state index in [0.717, 1.165) is 35.5 Å². The number of hydrogen-bond acceptors (Lipinski definition) is 5. The van der Waals surface area contributed by atoms with E-state index in [9.17, 15) is 27.2 Å². The molecule has 0 saturated carbocycles. The van der Waals surface area contributed by atoms with Crippen LogP contribution in [-0.4, -0.2) is 32.3 Å². The van der Waals surface area contributed by atoms with E-state index in [2.05, 4.69) is 41.6 Å². The standard InChI is InChI=1S/C29H26ClF4N5O2S/c1-28(2,3)18-6-4-17(5-7-18)26(41)35-15-24-37-38-27(39(24)21-11-9-20(31)10-12-21)42-16-25(40)36-23-14-19(29(32,33)34)8-13-22(23)30/h4-14H,15-16H2,1-3H3,(H,35,41)(H,36,40). The smallest absolute Gasteiger partial charge is 0.345 e. The number of benzene rings is 3. The lowest BCUT2D eigenvalue weighted by atomic mass is 9.87. The SMILES string of the molecule is CC(C)(C)c1ccc(C(=O)NCc2nnc(SCC(=O)Nc3cc(C(F)(F)F)ccc3Cl)n2-c2ccc(F)cc2)cc1. The highest BCUT2D eigenvalue weighted by atomic mass is 35.5. The molecule has 2 N–H and O–H groups in total. The van der Waals surface area contributed by atoms with Crippen LogP contribution in [-0.2, 0) is 22.9 Å². The summed E-state index contributed by atoms with van der Waals surface area (Å²) in [5.74, 6) is -1.38. The van der Waals surface area contributed by atoms with Crippen molar-refractivity contribution < 1.29 is 27.2 Å². The average Bonchev–Trinajstić information content (AvgIpc) is 3.34. The number of aromatic nitrogens is 3. The maximum Gasteiger partial charge on any atom is 0.416 e. The summed E-state index contributed by atoms with van der Waals surface area (Å²) < 4.78 is 54.4. The van der Waals surface area contributed by atoms with Gasteiger partial charge in [0.25, 0.3) is 5.91 Å². The predicted octanol–water partition coefficient (Wildman–Crippen LogP) is 7.04. The molecule has 1 aromatic heterocycles. The first-order chi connectivity index (χ1) is 19.7. The third kappa shape index (κ3) is 7.68. The molecule has 3 aromatic carbocycles. The van der Waals surface area contributed by atoms with Crippen LogP contribution < -0.4 is 10.6 Å². The molecule has 7 nitrogen and oxygen atoms in total. The zero-order chi connectivity index (χ0) is 30.7. The highest BCUT2D eigenvalue weighted by Crippen LogP contribution is 2.34. The number of rotatable bonds is 8. The fourth-order valence-electron chi connectivity index (χ4n) is 3.85. The predicted molar refractivity (Wildman–Crippen MR) is 153 cm³/mol. The number of alkyl halides is 3. The molecule has 0 spiro atoms. The maximum atomic E-state index is 13.6. The van der Waals surface area contributed by atoms with E-state index < -0.39 is 23.5 Å². The van der Waals surface area contributed by atoms with E-state index in [0.29, 0.717) is 17.1 Å². The Kier molecular flexibility index (Phi) is 9.27. The van der Waals surface area contributed by atoms with E-state index in [4.69, 9.17) is 11.6 Å². The number of hydrogen-bond donors (Lipinski definition) is 2. The molecule has 0 aliphatic heterocycles. The van der Waals surface area contributed by atoms with Gasteiger partial charge in [0.05, 0.1) is 28.6 Å². The quantitative estimate of drug-likeness (QED) is 0.163. The summed E-state index contributed by atoms with van der Waals surface area (Å²) in [6.07, 6.45) is -4.61. The van der Waals surface area contributed by atoms with Gasteiger partial charge in [-0.1, -0.05) is 56.3 Å². The van der Waals surface area contributed by atoms with Gasteiger partial charge in [-0.15, -0.1) is 10.2 Å². The van der Waals surface area contributed by atoms with Crippen molar-refractivity contribution in [2.75, 3.05) is 11.1 Å². The number of carbonyl (C=O) groups is 2. The number of nitrogens with one attached hydrogen (secondary N) is 2. The molecule has 0 saturated heterocycles. The van der Waals surface area contributed by atoms with Crippen LogP contribution in [0.2, 0.25) is 5.02 Å². The molecule has 220 valence electrons. The highest BCUT2D eigenvalue weighted by molar-refractivity contribution is 7.99. The number of halogens is 5. The Labute approximate surface area is 248 Å². The van der Waals surface area contributed by atoms with Crippen LogP contribution in [0.15, 0.2) is 71.9 Å². The number of amides is 2. The summed E-state index contributed by atoms with van der Waals surface area (Å²) in [7, 11) is 0. The van der Waals surface area contributed by atoms with Crippen LogP contribution >= 0.6 is 23.4 Å². The molecule has 0 aliphatic carbocycles. The van der Waals surface area contributed by atoms with E-state index >= 15 is 0 Å². The van der Waals surface area contributed by atoms with E-state index in [1.807, 2.05) is 12.1 Å². The van der Waals surface area contributed by atoms with Gasteiger partial charge >= 0.3 is 6.18 Å². The molecule has 0 aliphatic rings. The van der Waals surface area contributed by atoms with Crippen molar-refractivity contribution in [3.8, 4) is 5.69 Å². The van der Waals surface area contributed by atoms with Crippen molar-refractivity contribution in [1.29, 1.82) is 0 Å². The number of thioether (sulfide) groups is 1. The Morgan fingerprint density at radius 2 is 1.57 bits per heavy atom. The van der Waals surface area contributed by atoms with Crippen LogP contribution in [0.4, 0.5) is 23.2 Å². The summed E-state index contributed by atoms with van der Waals surface area (Å²) >= 11 is 6.93. The fourth-order valence-corrected chi connectivity index (χ4v) is 4.79. The molecule has 0 unspecified atom stereocenters. The lowest BCUT2D eigenvalue weighted by Gasteiger charge is -2.19. The summed E-state index contributed by atoms with van der Waals surface area (Å²) in [5, 5.41) is 13.6. The van der Waals surface area contributed by atoms with Crippen LogP contribution in [0.25, 0.3) is 5.69 Å². The third-order valence-corrected chi connectivity index (χ3v) is 7.36. The van der Waals surface area contributed by atoms with Gasteiger partial charge in [-0.05, 0) is 65.6 Å². The Bertz CT molecular complexity index is 1580. The zero-order valence-corrected chi connectivity index (χ0v) is 24.3. The van der Waals surface area contributed by atoms with Crippen molar-refractivity contribution in [2.45, 2.75) is 44.1 Å². The highest BCUT2D eigenvalue weighted by Gasteiger charge is 2.31. The van der Waals surface area contributed by atoms with Gasteiger partial charge < -0.3 is 10.6 Å². The fraction of sp³-hybridized carbons (Fsp3) is 0.241. The average molecular weight is 620 g/mol. The molecule has 0 fully saturated rings. The minimum absolute atomic E-state index is 0.0309. The van der Waals surface area contributed by atoms with Crippen LogP contribution in [0, 0.1) is 5.82 Å². The second-order valence-electron chi connectivity index (χ2n) is 10.2. The van der Waals surface area contributed by atoms with Gasteiger partial charge in [0, 0.05) is 11.3 Å². The molecule has 0 bridgehead atoms. The van der Waals surface area contributed by atoms with Gasteiger partial charge in [-0.3, -0.25) is 14.2 Å². The molecule has 0 radical (unpaired) electrons. The minimum atomic E-state index is -4.61. The molecule has 1 heterocycles. The van der Waals surface area contributed by atoms with Crippen LogP contribution in [0.1, 0.15) is 48.1 Å². The Hall–Kier alpha value is -3.90. The molecule has 4 aromatic rings. The third-order valence-electron chi connectivity index (χ3n) is 6.11. The summed E-state index contributed by atoms with van der Waals surface area (Å²) in [6, 6.07) is 15.3. The Balaban J connectivity index is 1.49. The first-order valence-corrected chi connectivity index (χ1v) is 14.0. The van der Waals surface area contributed by atoms with E-state index in [1.54, 1.807) is 16.7 Å². The first kappa shape index (κ1) is 31.0. The van der Waals surface area contributed by atoms with Gasteiger partial charge in [0.1, 0.15) is 5.82 Å². The van der Waals surface area contributed by atoms with Crippen molar-refractivity contribution in [1.82, 2.24) is 20.1 Å². The Morgan fingerprint density at radius 3 is 2.19 bits per heavy atom. The zero-order valence-electron chi connectivity index (χ0n) is 22.7. The molecular weight excluding hydrogens is 594 g/mol. The number of anilines is 1. The molecule has 4 rings (SSSR count). The summed E-state index contributed by atoms with van der Waals surface area (Å²) in [6.45, 7) is 6.19. The summed E-state index contributed by atoms with van der Waals surface area (Å²) in [5.41, 5.74) is 0.805. The molecular formula is C29H26ClF4N5O2S. The van der Waals surface area contributed by atoms with E-state index in [-0.39, 0.29) is 39.5 Å². The van der Waals surface area contributed by atoms with Gasteiger partial charge in [0.15, 0.2) is 11.0 Å². The van der Waals surface area contributed by atoms with Crippen molar-refractivity contribution in [3.05, 3.63) is 100 Å². The lowest BCUT2D eigenvalue weighted by Crippen LogP contribution is -2.25. The van der Waals surface area contributed by atoms with E-state index in [1.165, 1.54) is 24.3 Å². The van der Waals surface area contributed by atoms with Crippen molar-refractivity contribution in [2.24, 2.45) is 0 Å².